The highest BCUT2D eigenvalue weighted by molar-refractivity contribution is 6.33. The molecule has 1 aromatic rings. The van der Waals surface area contributed by atoms with Gasteiger partial charge in [-0.3, -0.25) is 14.6 Å². The summed E-state index contributed by atoms with van der Waals surface area (Å²) in [6, 6.07) is 1.000. The van der Waals surface area contributed by atoms with Gasteiger partial charge < -0.3 is 10.4 Å². The Morgan fingerprint density at radius 3 is 2.65 bits per heavy atom. The Morgan fingerprint density at radius 2 is 2.12 bits per heavy atom. The smallest absolute Gasteiger partial charge is 0.308 e. The lowest BCUT2D eigenvalue weighted by atomic mass is 10.0. The second kappa shape index (κ2) is 5.63. The molecular weight excluding hydrogens is 244 g/mol. The van der Waals surface area contributed by atoms with Crippen LogP contribution in [0, 0.1) is 5.92 Å². The van der Waals surface area contributed by atoms with Crippen molar-refractivity contribution in [2.45, 2.75) is 19.9 Å². The maximum atomic E-state index is 11.8. The van der Waals surface area contributed by atoms with Crippen LogP contribution in [-0.2, 0) is 4.79 Å². The van der Waals surface area contributed by atoms with Crippen LogP contribution in [0.25, 0.3) is 0 Å². The van der Waals surface area contributed by atoms with E-state index in [2.05, 4.69) is 10.3 Å². The Bertz CT molecular complexity index is 436. The highest BCUT2D eigenvalue weighted by Crippen LogP contribution is 2.14. The molecule has 0 aliphatic rings. The van der Waals surface area contributed by atoms with Crippen molar-refractivity contribution in [3.63, 3.8) is 0 Å². The third-order valence-corrected chi connectivity index (χ3v) is 2.82. The first kappa shape index (κ1) is 13.4. The number of carbonyl (C=O) groups excluding carboxylic acids is 1. The molecule has 0 aliphatic heterocycles. The summed E-state index contributed by atoms with van der Waals surface area (Å²) in [6.07, 6.45) is 2.81. The largest absolute Gasteiger partial charge is 0.481 e. The van der Waals surface area contributed by atoms with Gasteiger partial charge in [0, 0.05) is 18.4 Å². The number of carbonyl (C=O) groups is 2. The quantitative estimate of drug-likeness (QED) is 0.857. The maximum absolute atomic E-state index is 11.8. The molecule has 0 aromatic carbocycles. The van der Waals surface area contributed by atoms with Gasteiger partial charge in [-0.05, 0) is 19.9 Å². The van der Waals surface area contributed by atoms with E-state index in [4.69, 9.17) is 16.7 Å². The normalized spacial score (nSPS) is 13.8. The summed E-state index contributed by atoms with van der Waals surface area (Å²) >= 11 is 5.81. The van der Waals surface area contributed by atoms with Gasteiger partial charge in [0.1, 0.15) is 0 Å². The highest BCUT2D eigenvalue weighted by Gasteiger charge is 2.22. The predicted octanol–water partition coefficient (Wildman–Crippen LogP) is 1.57. The fourth-order valence-corrected chi connectivity index (χ4v) is 1.39. The van der Waals surface area contributed by atoms with E-state index in [9.17, 15) is 9.59 Å². The molecule has 1 heterocycles. The Morgan fingerprint density at radius 1 is 1.47 bits per heavy atom. The summed E-state index contributed by atoms with van der Waals surface area (Å²) in [5, 5.41) is 11.6. The number of aliphatic carboxylic acids is 1. The van der Waals surface area contributed by atoms with Gasteiger partial charge >= 0.3 is 5.97 Å². The average molecular weight is 257 g/mol. The van der Waals surface area contributed by atoms with Crippen molar-refractivity contribution in [2.75, 3.05) is 0 Å². The Hall–Kier alpha value is -1.62. The van der Waals surface area contributed by atoms with Crippen LogP contribution in [0.1, 0.15) is 24.2 Å². The Kier molecular flexibility index (Phi) is 4.45. The first-order valence-electron chi connectivity index (χ1n) is 5.06. The summed E-state index contributed by atoms with van der Waals surface area (Å²) < 4.78 is 0. The molecule has 2 atom stereocenters. The van der Waals surface area contributed by atoms with Gasteiger partial charge in [-0.25, -0.2) is 0 Å². The SMILES string of the molecule is CC(NC(=O)c1ccncc1Cl)C(C)C(=O)O. The van der Waals surface area contributed by atoms with Crippen LogP contribution in [-0.4, -0.2) is 28.0 Å². The molecule has 0 saturated heterocycles. The zero-order valence-electron chi connectivity index (χ0n) is 9.48. The molecular formula is C11H13ClN2O3. The fourth-order valence-electron chi connectivity index (χ4n) is 1.18. The number of rotatable bonds is 4. The third-order valence-electron chi connectivity index (χ3n) is 2.52. The lowest BCUT2D eigenvalue weighted by molar-refractivity contribution is -0.141. The van der Waals surface area contributed by atoms with Crippen LogP contribution < -0.4 is 5.32 Å². The molecule has 17 heavy (non-hydrogen) atoms. The van der Waals surface area contributed by atoms with Crippen LogP contribution in [0.4, 0.5) is 0 Å². The number of hydrogen-bond acceptors (Lipinski definition) is 3. The van der Waals surface area contributed by atoms with Crippen molar-refractivity contribution >= 4 is 23.5 Å². The minimum atomic E-state index is -0.960. The van der Waals surface area contributed by atoms with E-state index in [0.29, 0.717) is 0 Å². The van der Waals surface area contributed by atoms with Crippen LogP contribution in [0.2, 0.25) is 5.02 Å². The monoisotopic (exact) mass is 256 g/mol. The van der Waals surface area contributed by atoms with Gasteiger partial charge in [-0.1, -0.05) is 11.6 Å². The molecule has 0 radical (unpaired) electrons. The van der Waals surface area contributed by atoms with E-state index in [1.54, 1.807) is 6.92 Å². The lowest BCUT2D eigenvalue weighted by Gasteiger charge is -2.17. The zero-order chi connectivity index (χ0) is 13.0. The number of hydrogen-bond donors (Lipinski definition) is 2. The number of nitrogens with one attached hydrogen (secondary N) is 1. The molecule has 1 amide bonds. The fraction of sp³-hybridized carbons (Fsp3) is 0.364. The minimum absolute atomic E-state index is 0.236. The second-order valence-electron chi connectivity index (χ2n) is 3.74. The molecule has 0 bridgehead atoms. The van der Waals surface area contributed by atoms with Crippen LogP contribution in [0.3, 0.4) is 0 Å². The van der Waals surface area contributed by atoms with Crippen molar-refractivity contribution in [3.05, 3.63) is 29.0 Å². The van der Waals surface area contributed by atoms with E-state index < -0.39 is 23.8 Å². The zero-order valence-corrected chi connectivity index (χ0v) is 10.2. The number of carboxylic acids is 1. The predicted molar refractivity (Wildman–Crippen MR) is 63.0 cm³/mol. The molecule has 5 nitrogen and oxygen atoms in total. The Labute approximate surface area is 104 Å². The molecule has 2 unspecified atom stereocenters. The van der Waals surface area contributed by atoms with Crippen molar-refractivity contribution in [3.8, 4) is 0 Å². The van der Waals surface area contributed by atoms with E-state index in [-0.39, 0.29) is 10.6 Å². The first-order valence-corrected chi connectivity index (χ1v) is 5.44. The van der Waals surface area contributed by atoms with E-state index >= 15 is 0 Å². The van der Waals surface area contributed by atoms with E-state index in [1.807, 2.05) is 0 Å². The van der Waals surface area contributed by atoms with Gasteiger partial charge in [0.15, 0.2) is 0 Å². The lowest BCUT2D eigenvalue weighted by Crippen LogP contribution is -2.40. The van der Waals surface area contributed by atoms with Crippen molar-refractivity contribution < 1.29 is 14.7 Å². The minimum Gasteiger partial charge on any atom is -0.481 e. The number of amides is 1. The number of nitrogens with zero attached hydrogens (tertiary/aromatic N) is 1. The molecule has 1 rings (SSSR count). The van der Waals surface area contributed by atoms with Gasteiger partial charge in [0.05, 0.1) is 16.5 Å². The van der Waals surface area contributed by atoms with Crippen LogP contribution in [0.5, 0.6) is 0 Å². The number of aromatic nitrogens is 1. The maximum Gasteiger partial charge on any atom is 0.308 e. The van der Waals surface area contributed by atoms with Gasteiger partial charge in [-0.15, -0.1) is 0 Å². The summed E-state index contributed by atoms with van der Waals surface area (Å²) in [7, 11) is 0. The summed E-state index contributed by atoms with van der Waals surface area (Å²) in [5.74, 6) is -2.03. The average Bonchev–Trinajstić information content (AvgIpc) is 2.28. The third kappa shape index (κ3) is 3.42. The van der Waals surface area contributed by atoms with E-state index in [1.165, 1.54) is 25.4 Å². The number of carboxylic acid groups (broad SMARTS) is 1. The topological polar surface area (TPSA) is 79.3 Å². The highest BCUT2D eigenvalue weighted by atomic mass is 35.5. The first-order chi connectivity index (χ1) is 7.93. The summed E-state index contributed by atoms with van der Waals surface area (Å²) in [6.45, 7) is 3.16. The summed E-state index contributed by atoms with van der Waals surface area (Å²) in [5.41, 5.74) is 0.283. The molecule has 6 heteroatoms. The van der Waals surface area contributed by atoms with Gasteiger partial charge in [0.25, 0.3) is 5.91 Å². The molecule has 1 aromatic heterocycles. The van der Waals surface area contributed by atoms with Crippen molar-refractivity contribution in [2.24, 2.45) is 5.92 Å². The molecule has 2 N–H and O–H groups in total. The molecule has 0 fully saturated rings. The molecule has 0 saturated carbocycles. The molecule has 0 spiro atoms. The van der Waals surface area contributed by atoms with E-state index in [0.717, 1.165) is 0 Å². The van der Waals surface area contributed by atoms with Crippen molar-refractivity contribution in [1.82, 2.24) is 10.3 Å². The van der Waals surface area contributed by atoms with Crippen LogP contribution in [0.15, 0.2) is 18.5 Å². The molecule has 0 aliphatic carbocycles. The number of pyridine rings is 1. The Balaban J connectivity index is 2.74. The molecule has 92 valence electrons. The van der Waals surface area contributed by atoms with Crippen LogP contribution >= 0.6 is 11.6 Å². The van der Waals surface area contributed by atoms with Gasteiger partial charge in [-0.2, -0.15) is 0 Å². The number of halogens is 1. The second-order valence-corrected chi connectivity index (χ2v) is 4.15. The summed E-state index contributed by atoms with van der Waals surface area (Å²) in [4.78, 5) is 26.3. The standard InChI is InChI=1S/C11H13ClN2O3/c1-6(11(16)17)7(2)14-10(15)8-3-4-13-5-9(8)12/h3-7H,1-2H3,(H,14,15)(H,16,17). The van der Waals surface area contributed by atoms with Gasteiger partial charge in [0.2, 0.25) is 0 Å². The van der Waals surface area contributed by atoms with Crippen molar-refractivity contribution in [1.29, 1.82) is 0 Å².